The number of nitrogens with zero attached hydrogens (tertiary/aromatic N) is 4. The number of aromatic nitrogens is 1. The van der Waals surface area contributed by atoms with Crippen LogP contribution in [-0.2, 0) is 0 Å². The molecule has 0 aliphatic heterocycles. The van der Waals surface area contributed by atoms with E-state index >= 15 is 0 Å². The first-order valence-corrected chi connectivity index (χ1v) is 8.95. The molecular weight excluding hydrogens is 390 g/mol. The number of furan rings is 2. The SMILES string of the molecule is [C-]#[N+]/C(C#N)=C\c1ccc(-c2ccc3cc(-c4ccc(/C=C(\C#N)[N+]#[C-])o4)[nH]c3c2)o1. The van der Waals surface area contributed by atoms with E-state index in [2.05, 4.69) is 14.7 Å². The first-order chi connectivity index (χ1) is 15.1. The molecule has 0 unspecified atom stereocenters. The molecule has 7 nitrogen and oxygen atoms in total. The predicted molar refractivity (Wildman–Crippen MR) is 114 cm³/mol. The highest BCUT2D eigenvalue weighted by Gasteiger charge is 2.11. The summed E-state index contributed by atoms with van der Waals surface area (Å²) in [5.41, 5.74) is 2.37. The summed E-state index contributed by atoms with van der Waals surface area (Å²) in [4.78, 5) is 9.55. The van der Waals surface area contributed by atoms with Crippen LogP contribution in [0.25, 0.3) is 55.5 Å². The van der Waals surface area contributed by atoms with Crippen molar-refractivity contribution in [2.45, 2.75) is 0 Å². The Bertz CT molecular complexity index is 1420. The van der Waals surface area contributed by atoms with Crippen molar-refractivity contribution in [1.29, 1.82) is 10.5 Å². The second-order valence-electron chi connectivity index (χ2n) is 6.40. The predicted octanol–water partition coefficient (Wildman–Crippen LogP) is 6.26. The van der Waals surface area contributed by atoms with E-state index in [1.165, 1.54) is 12.2 Å². The number of aromatic amines is 1. The minimum absolute atomic E-state index is 0.0451. The van der Waals surface area contributed by atoms with E-state index in [0.717, 1.165) is 22.2 Å². The molecule has 7 heteroatoms. The highest BCUT2D eigenvalue weighted by Crippen LogP contribution is 2.31. The molecule has 0 bridgehead atoms. The Morgan fingerprint density at radius 3 is 2.06 bits per heavy atom. The maximum atomic E-state index is 8.88. The number of hydrogen-bond donors (Lipinski definition) is 1. The van der Waals surface area contributed by atoms with Crippen molar-refractivity contribution < 1.29 is 8.83 Å². The normalized spacial score (nSPS) is 11.5. The molecular formula is C24H11N5O2. The number of H-pyrrole nitrogens is 1. The van der Waals surface area contributed by atoms with Crippen LogP contribution in [0.5, 0.6) is 0 Å². The van der Waals surface area contributed by atoms with Gasteiger partial charge in [0.05, 0.1) is 31.0 Å². The van der Waals surface area contributed by atoms with Gasteiger partial charge in [-0.25, -0.2) is 20.2 Å². The van der Waals surface area contributed by atoms with Crippen LogP contribution in [-0.4, -0.2) is 4.98 Å². The van der Waals surface area contributed by atoms with Crippen molar-refractivity contribution in [3.8, 4) is 34.9 Å². The fourth-order valence-corrected chi connectivity index (χ4v) is 3.02. The molecule has 0 spiro atoms. The van der Waals surface area contributed by atoms with Crippen molar-refractivity contribution in [3.05, 3.63) is 94.3 Å². The van der Waals surface area contributed by atoms with Gasteiger partial charge in [-0.3, -0.25) is 0 Å². The van der Waals surface area contributed by atoms with Gasteiger partial charge < -0.3 is 13.8 Å². The summed E-state index contributed by atoms with van der Waals surface area (Å²) in [6.45, 7) is 13.9. The smallest absolute Gasteiger partial charge is 0.265 e. The fourth-order valence-electron chi connectivity index (χ4n) is 3.02. The van der Waals surface area contributed by atoms with Gasteiger partial charge in [-0.15, -0.1) is 0 Å². The molecule has 4 rings (SSSR count). The van der Waals surface area contributed by atoms with Crippen molar-refractivity contribution in [1.82, 2.24) is 4.98 Å². The molecule has 0 atom stereocenters. The van der Waals surface area contributed by atoms with Crippen LogP contribution in [0.2, 0.25) is 0 Å². The van der Waals surface area contributed by atoms with Crippen LogP contribution in [0.3, 0.4) is 0 Å². The maximum Gasteiger partial charge on any atom is 0.265 e. The lowest BCUT2D eigenvalue weighted by atomic mass is 10.1. The van der Waals surface area contributed by atoms with Crippen molar-refractivity contribution >= 4 is 23.1 Å². The first kappa shape index (κ1) is 19.1. The Kier molecular flexibility index (Phi) is 4.94. The number of nitriles is 2. The molecule has 0 fully saturated rings. The summed E-state index contributed by atoms with van der Waals surface area (Å²) in [6, 6.07) is 18.3. The molecule has 0 radical (unpaired) electrons. The van der Waals surface area contributed by atoms with Gasteiger partial charge in [0.25, 0.3) is 11.4 Å². The molecule has 1 aromatic carbocycles. The molecule has 1 N–H and O–H groups in total. The monoisotopic (exact) mass is 401 g/mol. The van der Waals surface area contributed by atoms with E-state index in [9.17, 15) is 0 Å². The third kappa shape index (κ3) is 3.84. The lowest BCUT2D eigenvalue weighted by molar-refractivity contribution is 0.570. The summed E-state index contributed by atoms with van der Waals surface area (Å²) < 4.78 is 11.5. The van der Waals surface area contributed by atoms with Gasteiger partial charge >= 0.3 is 0 Å². The van der Waals surface area contributed by atoms with Crippen LogP contribution in [0, 0.1) is 35.8 Å². The van der Waals surface area contributed by atoms with Gasteiger partial charge in [0.2, 0.25) is 0 Å². The summed E-state index contributed by atoms with van der Waals surface area (Å²) in [6.07, 6.45) is 2.79. The van der Waals surface area contributed by atoms with Gasteiger partial charge in [-0.2, -0.15) is 0 Å². The molecule has 0 saturated heterocycles. The second-order valence-corrected chi connectivity index (χ2v) is 6.40. The molecule has 0 aliphatic rings. The average Bonchev–Trinajstić information content (AvgIpc) is 3.54. The standard InChI is InChI=1S/C24H11N5O2/c1-27-17(13-25)11-19-5-7-23(30-19)16-4-3-15-9-22(29-21(15)10-16)24-8-6-20(31-24)12-18(14-26)28-2/h3-12,29H/b17-11-,18-12+. The second kappa shape index (κ2) is 8.02. The maximum absolute atomic E-state index is 8.88. The molecule has 0 saturated carbocycles. The van der Waals surface area contributed by atoms with E-state index in [4.69, 9.17) is 32.5 Å². The third-order valence-corrected chi connectivity index (χ3v) is 4.45. The Hall–Kier alpha value is -5.24. The molecule has 31 heavy (non-hydrogen) atoms. The highest BCUT2D eigenvalue weighted by atomic mass is 16.3. The number of rotatable bonds is 4. The fraction of sp³-hybridized carbons (Fsp3) is 0. The van der Waals surface area contributed by atoms with Gasteiger partial charge in [0.1, 0.15) is 17.3 Å². The molecule has 4 aromatic rings. The van der Waals surface area contributed by atoms with Gasteiger partial charge in [0.15, 0.2) is 5.76 Å². The Labute approximate surface area is 177 Å². The zero-order valence-electron chi connectivity index (χ0n) is 15.9. The quantitative estimate of drug-likeness (QED) is 0.322. The van der Waals surface area contributed by atoms with Crippen LogP contribution >= 0.6 is 0 Å². The van der Waals surface area contributed by atoms with Crippen LogP contribution < -0.4 is 0 Å². The highest BCUT2D eigenvalue weighted by molar-refractivity contribution is 5.88. The Balaban J connectivity index is 1.65. The largest absolute Gasteiger partial charge is 0.458 e. The third-order valence-electron chi connectivity index (χ3n) is 4.45. The van der Waals surface area contributed by atoms with Crippen molar-refractivity contribution in [2.24, 2.45) is 0 Å². The van der Waals surface area contributed by atoms with E-state index in [0.29, 0.717) is 23.0 Å². The summed E-state index contributed by atoms with van der Waals surface area (Å²) in [5, 5.41) is 18.7. The molecule has 0 aliphatic carbocycles. The zero-order valence-corrected chi connectivity index (χ0v) is 15.9. The number of nitrogens with one attached hydrogen (secondary N) is 1. The lowest BCUT2D eigenvalue weighted by Crippen LogP contribution is -1.75. The van der Waals surface area contributed by atoms with Gasteiger partial charge in [0, 0.05) is 16.5 Å². The number of hydrogen-bond acceptors (Lipinski definition) is 4. The van der Waals surface area contributed by atoms with Crippen LogP contribution in [0.15, 0.2) is 68.8 Å². The Morgan fingerprint density at radius 1 is 0.839 bits per heavy atom. The van der Waals surface area contributed by atoms with Crippen LogP contribution in [0.1, 0.15) is 11.5 Å². The zero-order chi connectivity index (χ0) is 21.8. The average molecular weight is 401 g/mol. The number of fused-ring (bicyclic) bond motifs is 1. The lowest BCUT2D eigenvalue weighted by Gasteiger charge is -1.97. The van der Waals surface area contributed by atoms with E-state index < -0.39 is 0 Å². The summed E-state index contributed by atoms with van der Waals surface area (Å²) >= 11 is 0. The minimum Gasteiger partial charge on any atom is -0.458 e. The van der Waals surface area contributed by atoms with Crippen molar-refractivity contribution in [2.75, 3.05) is 0 Å². The van der Waals surface area contributed by atoms with E-state index in [-0.39, 0.29) is 11.4 Å². The molecule has 3 heterocycles. The van der Waals surface area contributed by atoms with E-state index in [1.54, 1.807) is 24.3 Å². The van der Waals surface area contributed by atoms with E-state index in [1.807, 2.05) is 36.4 Å². The van der Waals surface area contributed by atoms with Crippen molar-refractivity contribution in [3.63, 3.8) is 0 Å². The molecule has 0 amide bonds. The van der Waals surface area contributed by atoms with Gasteiger partial charge in [-0.05, 0) is 48.6 Å². The molecule has 3 aromatic heterocycles. The minimum atomic E-state index is -0.0480. The number of benzene rings is 1. The summed E-state index contributed by atoms with van der Waals surface area (Å²) in [7, 11) is 0. The van der Waals surface area contributed by atoms with Crippen LogP contribution in [0.4, 0.5) is 0 Å². The summed E-state index contributed by atoms with van der Waals surface area (Å²) in [5.74, 6) is 2.05. The Morgan fingerprint density at radius 2 is 1.45 bits per heavy atom. The number of allylic oxidation sites excluding steroid dienone is 2. The topological polar surface area (TPSA) is 98.4 Å². The molecule has 144 valence electrons. The van der Waals surface area contributed by atoms with Gasteiger partial charge in [-0.1, -0.05) is 12.1 Å². The first-order valence-electron chi connectivity index (χ1n) is 8.95.